The summed E-state index contributed by atoms with van der Waals surface area (Å²) in [6.45, 7) is 6.77. The number of furan rings is 1. The summed E-state index contributed by atoms with van der Waals surface area (Å²) in [5, 5.41) is 2.14. The maximum Gasteiger partial charge on any atom is 0.227 e. The van der Waals surface area contributed by atoms with Crippen LogP contribution in [0.5, 0.6) is 0 Å². The Kier molecular flexibility index (Phi) is 5.26. The third kappa shape index (κ3) is 4.29. The van der Waals surface area contributed by atoms with Crippen LogP contribution in [0.25, 0.3) is 33.3 Å². The van der Waals surface area contributed by atoms with E-state index in [4.69, 9.17) is 9.40 Å². The van der Waals surface area contributed by atoms with Crippen LogP contribution in [0.4, 0.5) is 0 Å². The molecule has 0 amide bonds. The Morgan fingerprint density at radius 3 is 2.44 bits per heavy atom. The molecule has 3 nitrogen and oxygen atoms in total. The summed E-state index contributed by atoms with van der Waals surface area (Å²) in [5.74, 6) is 0. The summed E-state index contributed by atoms with van der Waals surface area (Å²) in [6, 6.07) is 25.4. The molecule has 5 aromatic rings. The van der Waals surface area contributed by atoms with Crippen molar-refractivity contribution in [3.05, 3.63) is 95.8 Å². The average molecular weight is 421 g/mol. The zero-order valence-corrected chi connectivity index (χ0v) is 18.9. The molecule has 0 unspecified atom stereocenters. The van der Waals surface area contributed by atoms with E-state index >= 15 is 0 Å². The van der Waals surface area contributed by atoms with Gasteiger partial charge in [-0.2, -0.15) is 0 Å². The van der Waals surface area contributed by atoms with Gasteiger partial charge in [0, 0.05) is 28.2 Å². The van der Waals surface area contributed by atoms with Crippen molar-refractivity contribution in [3.63, 3.8) is 0 Å². The minimum absolute atomic E-state index is 0.226. The highest BCUT2D eigenvalue weighted by molar-refractivity contribution is 6.08. The van der Waals surface area contributed by atoms with E-state index in [1.165, 1.54) is 11.1 Å². The Balaban J connectivity index is 1.51. The van der Waals surface area contributed by atoms with E-state index in [-0.39, 0.29) is 5.41 Å². The highest BCUT2D eigenvalue weighted by Gasteiger charge is 2.16. The van der Waals surface area contributed by atoms with Crippen molar-refractivity contribution < 1.29 is 4.42 Å². The molecule has 0 aliphatic heterocycles. The first kappa shape index (κ1) is 20.4. The molecular formula is C29H28N2O. The van der Waals surface area contributed by atoms with Gasteiger partial charge in [0.25, 0.3) is 0 Å². The maximum absolute atomic E-state index is 6.32. The van der Waals surface area contributed by atoms with E-state index in [1.54, 1.807) is 0 Å². The number of pyridine rings is 2. The molecule has 0 saturated heterocycles. The fourth-order valence-corrected chi connectivity index (χ4v) is 4.32. The van der Waals surface area contributed by atoms with E-state index in [9.17, 15) is 0 Å². The van der Waals surface area contributed by atoms with Gasteiger partial charge in [-0.25, -0.2) is 4.98 Å². The summed E-state index contributed by atoms with van der Waals surface area (Å²) < 4.78 is 6.32. The van der Waals surface area contributed by atoms with E-state index in [2.05, 4.69) is 92.5 Å². The Hall–Kier alpha value is -3.46. The maximum atomic E-state index is 6.32. The normalized spacial score (nSPS) is 12.0. The summed E-state index contributed by atoms with van der Waals surface area (Å²) in [6.07, 6.45) is 4.76. The molecule has 0 aliphatic rings. The molecule has 0 spiro atoms. The van der Waals surface area contributed by atoms with Gasteiger partial charge in [-0.3, -0.25) is 4.98 Å². The molecule has 3 heteroatoms. The number of fused-ring (bicyclic) bond motifs is 3. The summed E-state index contributed by atoms with van der Waals surface area (Å²) in [4.78, 5) is 9.50. The molecule has 0 N–H and O–H groups in total. The topological polar surface area (TPSA) is 38.9 Å². The number of para-hydroxylation sites is 1. The lowest BCUT2D eigenvalue weighted by Gasteiger charge is -2.18. The number of hydrogen-bond donors (Lipinski definition) is 0. The van der Waals surface area contributed by atoms with Crippen molar-refractivity contribution in [3.8, 4) is 11.3 Å². The van der Waals surface area contributed by atoms with Gasteiger partial charge in [-0.15, -0.1) is 0 Å². The molecule has 0 saturated carbocycles. The van der Waals surface area contributed by atoms with Crippen LogP contribution in [-0.2, 0) is 19.3 Å². The lowest BCUT2D eigenvalue weighted by atomic mass is 9.88. The number of aromatic nitrogens is 2. The molecule has 2 aromatic carbocycles. The zero-order chi connectivity index (χ0) is 22.1. The number of nitrogens with zero attached hydrogens (tertiary/aromatic N) is 2. The van der Waals surface area contributed by atoms with Crippen molar-refractivity contribution in [2.75, 3.05) is 0 Å². The van der Waals surface area contributed by atoms with Crippen LogP contribution < -0.4 is 0 Å². The fraction of sp³-hybridized carbons (Fsp3) is 0.241. The fourth-order valence-electron chi connectivity index (χ4n) is 4.32. The third-order valence-electron chi connectivity index (χ3n) is 5.77. The Morgan fingerprint density at radius 2 is 1.62 bits per heavy atom. The number of rotatable bonds is 5. The molecule has 3 heterocycles. The second kappa shape index (κ2) is 8.23. The van der Waals surface area contributed by atoms with Crippen LogP contribution in [0.3, 0.4) is 0 Å². The summed E-state index contributed by atoms with van der Waals surface area (Å²) >= 11 is 0. The molecule has 0 atom stereocenters. The molecule has 32 heavy (non-hydrogen) atoms. The van der Waals surface area contributed by atoms with Crippen LogP contribution in [0, 0.1) is 5.41 Å². The monoisotopic (exact) mass is 420 g/mol. The van der Waals surface area contributed by atoms with Crippen LogP contribution in [0.2, 0.25) is 0 Å². The third-order valence-corrected chi connectivity index (χ3v) is 5.77. The summed E-state index contributed by atoms with van der Waals surface area (Å²) in [7, 11) is 0. The van der Waals surface area contributed by atoms with Crippen molar-refractivity contribution >= 4 is 22.1 Å². The Morgan fingerprint density at radius 1 is 0.781 bits per heavy atom. The highest BCUT2D eigenvalue weighted by atomic mass is 16.3. The molecule has 5 rings (SSSR count). The van der Waals surface area contributed by atoms with E-state index in [0.717, 1.165) is 52.6 Å². The van der Waals surface area contributed by atoms with Gasteiger partial charge in [-0.05, 0) is 66.1 Å². The SMILES string of the molecule is CC(C)(C)Cc1ccnc(-c2cccc3c2oc2nc(CCc4ccccc4)ccc23)c1. The molecule has 0 aliphatic carbocycles. The van der Waals surface area contributed by atoms with Crippen molar-refractivity contribution in [1.82, 2.24) is 9.97 Å². The molecule has 0 bridgehead atoms. The van der Waals surface area contributed by atoms with Crippen LogP contribution in [-0.4, -0.2) is 9.97 Å². The van der Waals surface area contributed by atoms with Crippen LogP contribution >= 0.6 is 0 Å². The quantitative estimate of drug-likeness (QED) is 0.297. The largest absolute Gasteiger partial charge is 0.437 e. The predicted octanol–water partition coefficient (Wildman–Crippen LogP) is 7.42. The lowest BCUT2D eigenvalue weighted by molar-refractivity contribution is 0.411. The number of benzene rings is 2. The Labute approximate surface area is 189 Å². The van der Waals surface area contributed by atoms with Gasteiger partial charge >= 0.3 is 0 Å². The Bertz CT molecular complexity index is 1380. The van der Waals surface area contributed by atoms with Crippen molar-refractivity contribution in [2.24, 2.45) is 5.41 Å². The molecule has 160 valence electrons. The molecule has 0 fully saturated rings. The highest BCUT2D eigenvalue weighted by Crippen LogP contribution is 2.35. The van der Waals surface area contributed by atoms with Crippen molar-refractivity contribution in [2.45, 2.75) is 40.0 Å². The first-order valence-corrected chi connectivity index (χ1v) is 11.3. The second-order valence-electron chi connectivity index (χ2n) is 9.71. The first-order chi connectivity index (χ1) is 15.5. The van der Waals surface area contributed by atoms with Gasteiger partial charge < -0.3 is 4.42 Å². The van der Waals surface area contributed by atoms with E-state index in [0.29, 0.717) is 5.71 Å². The van der Waals surface area contributed by atoms with Gasteiger partial charge in [-0.1, -0.05) is 63.2 Å². The summed E-state index contributed by atoms with van der Waals surface area (Å²) in [5.41, 5.74) is 7.40. The van der Waals surface area contributed by atoms with Crippen LogP contribution in [0.1, 0.15) is 37.6 Å². The first-order valence-electron chi connectivity index (χ1n) is 11.3. The predicted molar refractivity (Wildman–Crippen MR) is 132 cm³/mol. The minimum Gasteiger partial charge on any atom is -0.437 e. The second-order valence-corrected chi connectivity index (χ2v) is 9.71. The van der Waals surface area contributed by atoms with Gasteiger partial charge in [0.2, 0.25) is 5.71 Å². The molecule has 3 aromatic heterocycles. The average Bonchev–Trinajstić information content (AvgIpc) is 3.15. The van der Waals surface area contributed by atoms with Crippen LogP contribution in [0.15, 0.2) is 83.4 Å². The molecule has 0 radical (unpaired) electrons. The van der Waals surface area contributed by atoms with Gasteiger partial charge in [0.15, 0.2) is 0 Å². The van der Waals surface area contributed by atoms with Gasteiger partial charge in [0.1, 0.15) is 5.58 Å². The lowest BCUT2D eigenvalue weighted by Crippen LogP contribution is -2.09. The zero-order valence-electron chi connectivity index (χ0n) is 18.9. The van der Waals surface area contributed by atoms with E-state index < -0.39 is 0 Å². The van der Waals surface area contributed by atoms with Gasteiger partial charge in [0.05, 0.1) is 5.69 Å². The van der Waals surface area contributed by atoms with Crippen molar-refractivity contribution in [1.29, 1.82) is 0 Å². The smallest absolute Gasteiger partial charge is 0.227 e. The molecular weight excluding hydrogens is 392 g/mol. The standard InChI is InChI=1S/C29H28N2O/c1-29(2,3)19-21-16-17-30-26(18-21)25-11-7-10-23-24-15-14-22(31-28(24)32-27(23)25)13-12-20-8-5-4-6-9-20/h4-11,14-18H,12-13,19H2,1-3H3. The van der Waals surface area contributed by atoms with E-state index in [1.807, 2.05) is 12.3 Å². The minimum atomic E-state index is 0.226. The number of aryl methyl sites for hydroxylation is 2. The number of hydrogen-bond acceptors (Lipinski definition) is 3.